The molecule has 4 amide bonds. The Morgan fingerprint density at radius 1 is 0.774 bits per heavy atom. The predicted molar refractivity (Wildman–Crippen MR) is 242 cm³/mol. The molecule has 4 rings (SSSR count). The van der Waals surface area contributed by atoms with Gasteiger partial charge in [-0.3, -0.25) is 28.8 Å². The number of hydrogen-bond donors (Lipinski definition) is 3. The second-order valence-corrected chi connectivity index (χ2v) is 18.2. The topological polar surface area (TPSA) is 184 Å². The van der Waals surface area contributed by atoms with Crippen LogP contribution in [0, 0.1) is 0 Å². The average molecular weight is 890 g/mol. The summed E-state index contributed by atoms with van der Waals surface area (Å²) >= 11 is 6.21. The summed E-state index contributed by atoms with van der Waals surface area (Å²) in [6.45, 7) is 11.0. The number of aryl methyl sites for hydroxylation is 2. The van der Waals surface area contributed by atoms with Crippen LogP contribution in [0.1, 0.15) is 108 Å². The van der Waals surface area contributed by atoms with E-state index in [-0.39, 0.29) is 47.3 Å². The van der Waals surface area contributed by atoms with Crippen molar-refractivity contribution < 1.29 is 37.1 Å². The number of carbonyl (C=O) groups excluding carboxylic acids is 5. The molecule has 0 radical (unpaired) electrons. The minimum absolute atomic E-state index is 0.0597. The van der Waals surface area contributed by atoms with Crippen molar-refractivity contribution in [3.8, 4) is 0 Å². The zero-order valence-corrected chi connectivity index (χ0v) is 38.0. The molecule has 16 heteroatoms. The molecule has 0 aliphatic heterocycles. The molecule has 332 valence electrons. The van der Waals surface area contributed by atoms with Crippen LogP contribution in [0.4, 0.5) is 11.4 Å². The van der Waals surface area contributed by atoms with E-state index in [1.807, 2.05) is 55.8 Å². The summed E-state index contributed by atoms with van der Waals surface area (Å²) in [6, 6.07) is 25.1. The Bertz CT molecular complexity index is 2310. The second kappa shape index (κ2) is 22.5. The number of pyridine rings is 1. The van der Waals surface area contributed by atoms with Gasteiger partial charge in [-0.2, -0.15) is 0 Å². The summed E-state index contributed by atoms with van der Waals surface area (Å²) in [5.41, 5.74) is 3.92. The van der Waals surface area contributed by atoms with Gasteiger partial charge in [-0.15, -0.1) is 0 Å². The van der Waals surface area contributed by atoms with Crippen molar-refractivity contribution >= 4 is 62.6 Å². The molecule has 4 aromatic rings. The van der Waals surface area contributed by atoms with Crippen LogP contribution >= 0.6 is 11.6 Å². The summed E-state index contributed by atoms with van der Waals surface area (Å²) in [4.78, 5) is 72.2. The minimum Gasteiger partial charge on any atom is -0.456 e. The molecule has 0 unspecified atom stereocenters. The number of carbonyl (C=O) groups is 5. The third-order valence-electron chi connectivity index (χ3n) is 9.87. The van der Waals surface area contributed by atoms with Gasteiger partial charge in [0.2, 0.25) is 21.8 Å². The second-order valence-electron chi connectivity index (χ2n) is 16.1. The fourth-order valence-corrected chi connectivity index (χ4v) is 7.26. The number of nitrogens with one attached hydrogen (secondary N) is 3. The van der Waals surface area contributed by atoms with Gasteiger partial charge in [-0.1, -0.05) is 61.8 Å². The van der Waals surface area contributed by atoms with Crippen LogP contribution in [0.15, 0.2) is 84.9 Å². The lowest BCUT2D eigenvalue weighted by molar-refractivity contribution is -0.132. The first-order valence-corrected chi connectivity index (χ1v) is 22.8. The summed E-state index contributed by atoms with van der Waals surface area (Å²) in [6.07, 6.45) is 3.71. The molecule has 0 bridgehead atoms. The number of rotatable bonds is 20. The fourth-order valence-electron chi connectivity index (χ4n) is 6.60. The minimum atomic E-state index is -3.70. The van der Waals surface area contributed by atoms with Gasteiger partial charge in [-0.25, -0.2) is 18.2 Å². The Labute approximate surface area is 369 Å². The number of halogens is 1. The van der Waals surface area contributed by atoms with Crippen molar-refractivity contribution in [2.45, 2.75) is 91.3 Å². The molecular weight excluding hydrogens is 832 g/mol. The first-order chi connectivity index (χ1) is 29.2. The van der Waals surface area contributed by atoms with E-state index in [0.29, 0.717) is 36.4 Å². The number of benzene rings is 3. The normalized spacial score (nSPS) is 11.6. The molecular formula is C46H57ClN6O8S. The molecule has 0 saturated heterocycles. The highest BCUT2D eigenvalue weighted by Gasteiger charge is 2.22. The van der Waals surface area contributed by atoms with Crippen molar-refractivity contribution in [2.24, 2.45) is 0 Å². The van der Waals surface area contributed by atoms with Gasteiger partial charge in [0.1, 0.15) is 10.8 Å². The van der Waals surface area contributed by atoms with Crippen LogP contribution in [-0.2, 0) is 43.7 Å². The Kier molecular flexibility index (Phi) is 17.8. The van der Waals surface area contributed by atoms with Crippen molar-refractivity contribution in [1.29, 1.82) is 0 Å². The van der Waals surface area contributed by atoms with Crippen LogP contribution in [0.3, 0.4) is 0 Å². The smallest absolute Gasteiger partial charge is 0.338 e. The lowest BCUT2D eigenvalue weighted by Gasteiger charge is -2.32. The highest BCUT2D eigenvalue weighted by atomic mass is 35.5. The number of nitrogens with zero attached hydrogens (tertiary/aromatic N) is 3. The molecule has 0 spiro atoms. The van der Waals surface area contributed by atoms with Crippen molar-refractivity contribution in [3.05, 3.63) is 124 Å². The van der Waals surface area contributed by atoms with Crippen molar-refractivity contribution in [3.63, 3.8) is 0 Å². The van der Waals surface area contributed by atoms with Crippen LogP contribution in [0.25, 0.3) is 0 Å². The summed E-state index contributed by atoms with van der Waals surface area (Å²) in [7, 11) is -2.06. The van der Waals surface area contributed by atoms with Crippen LogP contribution in [0.2, 0.25) is 5.15 Å². The van der Waals surface area contributed by atoms with E-state index in [1.165, 1.54) is 17.0 Å². The van der Waals surface area contributed by atoms with Gasteiger partial charge in [0.25, 0.3) is 11.8 Å². The lowest BCUT2D eigenvalue weighted by atomic mass is 10.0. The molecule has 1 aromatic heterocycles. The number of amides is 4. The first kappa shape index (κ1) is 49.0. The molecule has 14 nitrogen and oxygen atoms in total. The predicted octanol–water partition coefficient (Wildman–Crippen LogP) is 7.29. The van der Waals surface area contributed by atoms with E-state index in [1.54, 1.807) is 49.5 Å². The molecule has 0 aliphatic rings. The number of likely N-dealkylation sites (N-methyl/N-ethyl adjacent to an activating group) is 1. The maximum Gasteiger partial charge on any atom is 0.338 e. The van der Waals surface area contributed by atoms with Gasteiger partial charge in [-0.05, 0) is 112 Å². The van der Waals surface area contributed by atoms with Crippen LogP contribution in [0.5, 0.6) is 0 Å². The van der Waals surface area contributed by atoms with Crippen molar-refractivity contribution in [2.75, 3.05) is 37.0 Å². The highest BCUT2D eigenvalue weighted by molar-refractivity contribution is 7.89. The van der Waals surface area contributed by atoms with E-state index in [0.717, 1.165) is 48.6 Å². The molecule has 3 aromatic carbocycles. The van der Waals surface area contributed by atoms with E-state index in [4.69, 9.17) is 16.3 Å². The third kappa shape index (κ3) is 16.0. The van der Waals surface area contributed by atoms with Gasteiger partial charge in [0.05, 0.1) is 17.5 Å². The van der Waals surface area contributed by atoms with Crippen LogP contribution in [-0.4, -0.2) is 90.8 Å². The summed E-state index contributed by atoms with van der Waals surface area (Å²) in [5.74, 6) is -2.39. The highest BCUT2D eigenvalue weighted by Crippen LogP contribution is 2.22. The summed E-state index contributed by atoms with van der Waals surface area (Å²) < 4.78 is 29.9. The van der Waals surface area contributed by atoms with E-state index >= 15 is 0 Å². The van der Waals surface area contributed by atoms with Gasteiger partial charge in [0, 0.05) is 56.8 Å². The largest absolute Gasteiger partial charge is 0.456 e. The quantitative estimate of drug-likeness (QED) is 0.0602. The van der Waals surface area contributed by atoms with E-state index in [2.05, 4.69) is 34.4 Å². The van der Waals surface area contributed by atoms with Gasteiger partial charge in [0.15, 0.2) is 5.69 Å². The maximum absolute atomic E-state index is 13.6. The maximum atomic E-state index is 13.6. The Morgan fingerprint density at radius 3 is 2.00 bits per heavy atom. The standard InChI is InChI=1S/C46H57ClN6O8S/c1-8-37(9-2)53(28-27-52(6)41(55)26-25-40(54)51-62(7,59)60)30-33-11-10-12-35(29-33)43(56)49-38-23-24-39(47)50-42(38)44(57)48-36-21-17-32(18-22-36)14-13-31-15-19-34(20-16-31)45(58)61-46(3,4)5/h10-12,15-24,29,37H,8-9,13-14,25-28,30H2,1-7H3,(H,48,57)(H,49,56)(H,51,54). The lowest BCUT2D eigenvalue weighted by Crippen LogP contribution is -2.41. The van der Waals surface area contributed by atoms with E-state index in [9.17, 15) is 32.4 Å². The number of sulfonamides is 1. The van der Waals surface area contributed by atoms with E-state index < -0.39 is 33.3 Å². The number of hydrogen-bond acceptors (Lipinski definition) is 10. The average Bonchev–Trinajstić information content (AvgIpc) is 3.21. The third-order valence-corrected chi connectivity index (χ3v) is 10.7. The molecule has 0 saturated carbocycles. The zero-order chi connectivity index (χ0) is 45.6. The molecule has 0 fully saturated rings. The Morgan fingerprint density at radius 2 is 1.40 bits per heavy atom. The Hall–Kier alpha value is -5.64. The van der Waals surface area contributed by atoms with Gasteiger partial charge < -0.3 is 20.3 Å². The monoisotopic (exact) mass is 888 g/mol. The molecule has 62 heavy (non-hydrogen) atoms. The Balaban J connectivity index is 1.36. The SMILES string of the molecule is CCC(CC)N(CCN(C)C(=O)CCC(=O)NS(C)(=O)=O)Cc1cccc(C(=O)Nc2ccc(Cl)nc2C(=O)Nc2ccc(CCc3ccc(C(=O)OC(C)(C)C)cc3)cc2)c1. The number of anilines is 2. The number of aromatic nitrogens is 1. The molecule has 0 atom stereocenters. The van der Waals surface area contributed by atoms with Crippen LogP contribution < -0.4 is 15.4 Å². The molecule has 0 aliphatic carbocycles. The zero-order valence-electron chi connectivity index (χ0n) is 36.4. The molecule has 3 N–H and O–H groups in total. The van der Waals surface area contributed by atoms with Crippen molar-refractivity contribution in [1.82, 2.24) is 19.5 Å². The molecule has 1 heterocycles. The first-order valence-electron chi connectivity index (χ1n) is 20.5. The number of ether oxygens (including phenoxy) is 1. The van der Waals surface area contributed by atoms with Gasteiger partial charge >= 0.3 is 5.97 Å². The number of esters is 1. The fraction of sp³-hybridized carbons (Fsp3) is 0.391. The summed E-state index contributed by atoms with van der Waals surface area (Å²) in [5, 5.41) is 5.75.